The Morgan fingerprint density at radius 2 is 1.90 bits per heavy atom. The molecule has 0 amide bonds. The van der Waals surface area contributed by atoms with Crippen LogP contribution in [0.25, 0.3) is 6.08 Å². The van der Waals surface area contributed by atoms with Crippen molar-refractivity contribution < 1.29 is 29.0 Å². The first-order chi connectivity index (χ1) is 10.0. The van der Waals surface area contributed by atoms with E-state index in [2.05, 4.69) is 16.1 Å². The number of aliphatic hydroxyl groups is 1. The second-order valence-electron chi connectivity index (χ2n) is 3.87. The van der Waals surface area contributed by atoms with E-state index in [1.54, 1.807) is 12.1 Å². The number of hydrogen-bond donors (Lipinski definition) is 1. The second kappa shape index (κ2) is 8.44. The fourth-order valence-electron chi connectivity index (χ4n) is 1.26. The molecule has 0 bridgehead atoms. The first-order valence-corrected chi connectivity index (χ1v) is 6.00. The van der Waals surface area contributed by atoms with Gasteiger partial charge < -0.3 is 14.6 Å². The first-order valence-electron chi connectivity index (χ1n) is 6.00. The third-order valence-electron chi connectivity index (χ3n) is 2.26. The van der Waals surface area contributed by atoms with Crippen LogP contribution in [0.4, 0.5) is 0 Å². The van der Waals surface area contributed by atoms with Crippen LogP contribution in [0.2, 0.25) is 0 Å². The Hall–Kier alpha value is -2.73. The summed E-state index contributed by atoms with van der Waals surface area (Å²) in [4.78, 5) is 33.3. The molecular formula is C15H14O6. The normalized spacial score (nSPS) is 11.7. The molecular weight excluding hydrogens is 276 g/mol. The van der Waals surface area contributed by atoms with Crippen molar-refractivity contribution in [1.82, 2.24) is 0 Å². The molecule has 1 rings (SSSR count). The van der Waals surface area contributed by atoms with Crippen LogP contribution in [0.3, 0.4) is 0 Å². The Kier molecular flexibility index (Phi) is 6.56. The van der Waals surface area contributed by atoms with Gasteiger partial charge in [0.25, 0.3) is 0 Å². The van der Waals surface area contributed by atoms with Gasteiger partial charge in [-0.15, -0.1) is 0 Å². The topological polar surface area (TPSA) is 89.9 Å². The fourth-order valence-corrected chi connectivity index (χ4v) is 1.26. The van der Waals surface area contributed by atoms with Gasteiger partial charge in [0.2, 0.25) is 0 Å². The van der Waals surface area contributed by atoms with Crippen LogP contribution >= 0.6 is 0 Å². The van der Waals surface area contributed by atoms with Crippen LogP contribution in [0.1, 0.15) is 12.0 Å². The SMILES string of the molecule is C=CC(=O)OC(=O)CC(O)C(=O)OC=Cc1ccccc1. The first kappa shape index (κ1) is 16.3. The van der Waals surface area contributed by atoms with Gasteiger partial charge in [-0.2, -0.15) is 0 Å². The molecule has 0 radical (unpaired) electrons. The maximum atomic E-state index is 11.4. The van der Waals surface area contributed by atoms with Crippen LogP contribution in [-0.4, -0.2) is 29.1 Å². The predicted molar refractivity (Wildman–Crippen MR) is 73.5 cm³/mol. The van der Waals surface area contributed by atoms with Gasteiger partial charge in [0.15, 0.2) is 6.10 Å². The molecule has 0 aliphatic rings. The largest absolute Gasteiger partial charge is 0.433 e. The van der Waals surface area contributed by atoms with Gasteiger partial charge in [0, 0.05) is 6.08 Å². The number of ether oxygens (including phenoxy) is 2. The van der Waals surface area contributed by atoms with Crippen molar-refractivity contribution in [1.29, 1.82) is 0 Å². The summed E-state index contributed by atoms with van der Waals surface area (Å²) in [7, 11) is 0. The van der Waals surface area contributed by atoms with E-state index in [1.165, 1.54) is 6.08 Å². The molecule has 21 heavy (non-hydrogen) atoms. The summed E-state index contributed by atoms with van der Waals surface area (Å²) in [5.74, 6) is -3.02. The average molecular weight is 290 g/mol. The molecule has 0 heterocycles. The van der Waals surface area contributed by atoms with E-state index in [0.717, 1.165) is 17.9 Å². The fraction of sp³-hybridized carbons (Fsp3) is 0.133. The highest BCUT2D eigenvalue weighted by atomic mass is 16.6. The smallest absolute Gasteiger partial charge is 0.340 e. The minimum absolute atomic E-state index is 0.683. The molecule has 1 unspecified atom stereocenters. The van der Waals surface area contributed by atoms with E-state index in [1.807, 2.05) is 18.2 Å². The van der Waals surface area contributed by atoms with Crippen molar-refractivity contribution in [2.24, 2.45) is 0 Å². The number of aliphatic hydroxyl groups excluding tert-OH is 1. The zero-order chi connectivity index (χ0) is 15.7. The number of hydrogen-bond acceptors (Lipinski definition) is 6. The lowest BCUT2D eigenvalue weighted by Gasteiger charge is -2.06. The Labute approximate surface area is 121 Å². The maximum Gasteiger partial charge on any atom is 0.340 e. The molecule has 1 atom stereocenters. The van der Waals surface area contributed by atoms with Gasteiger partial charge in [-0.05, 0) is 11.6 Å². The lowest BCUT2D eigenvalue weighted by Crippen LogP contribution is -2.26. The van der Waals surface area contributed by atoms with Gasteiger partial charge in [0.1, 0.15) is 0 Å². The van der Waals surface area contributed by atoms with Crippen molar-refractivity contribution in [3.8, 4) is 0 Å². The van der Waals surface area contributed by atoms with E-state index in [0.29, 0.717) is 0 Å². The number of esters is 3. The molecule has 0 aliphatic heterocycles. The minimum Gasteiger partial charge on any atom is -0.433 e. The summed E-state index contributed by atoms with van der Waals surface area (Å²) in [5, 5.41) is 9.42. The van der Waals surface area contributed by atoms with Crippen molar-refractivity contribution in [3.63, 3.8) is 0 Å². The molecule has 1 aromatic rings. The molecule has 0 fully saturated rings. The third-order valence-corrected chi connectivity index (χ3v) is 2.26. The molecule has 0 saturated carbocycles. The summed E-state index contributed by atoms with van der Waals surface area (Å²) < 4.78 is 8.87. The molecule has 0 aliphatic carbocycles. The molecule has 0 aromatic heterocycles. The molecule has 6 nitrogen and oxygen atoms in total. The van der Waals surface area contributed by atoms with Gasteiger partial charge in [-0.3, -0.25) is 4.79 Å². The highest BCUT2D eigenvalue weighted by Crippen LogP contribution is 2.03. The highest BCUT2D eigenvalue weighted by molar-refractivity contribution is 5.93. The number of carbonyl (C=O) groups excluding carboxylic acids is 3. The van der Waals surface area contributed by atoms with Crippen LogP contribution in [-0.2, 0) is 23.9 Å². The van der Waals surface area contributed by atoms with Crippen molar-refractivity contribution in [2.75, 3.05) is 0 Å². The Balaban J connectivity index is 2.41. The zero-order valence-corrected chi connectivity index (χ0v) is 11.1. The number of carbonyl (C=O) groups is 3. The Morgan fingerprint density at radius 3 is 2.52 bits per heavy atom. The van der Waals surface area contributed by atoms with Crippen molar-refractivity contribution in [2.45, 2.75) is 12.5 Å². The van der Waals surface area contributed by atoms with E-state index >= 15 is 0 Å². The predicted octanol–water partition coefficient (Wildman–Crippen LogP) is 1.21. The van der Waals surface area contributed by atoms with E-state index < -0.39 is 30.4 Å². The molecule has 0 saturated heterocycles. The number of rotatable bonds is 6. The lowest BCUT2D eigenvalue weighted by molar-refractivity contribution is -0.162. The summed E-state index contributed by atoms with van der Waals surface area (Å²) in [6.45, 7) is 3.11. The summed E-state index contributed by atoms with van der Waals surface area (Å²) in [6, 6.07) is 9.03. The zero-order valence-electron chi connectivity index (χ0n) is 11.1. The summed E-state index contributed by atoms with van der Waals surface area (Å²) in [6.07, 6.45) is 1.02. The van der Waals surface area contributed by atoms with Gasteiger partial charge in [0.05, 0.1) is 12.7 Å². The molecule has 1 aromatic carbocycles. The summed E-state index contributed by atoms with van der Waals surface area (Å²) >= 11 is 0. The minimum atomic E-state index is -1.71. The molecule has 6 heteroatoms. The van der Waals surface area contributed by atoms with Crippen LogP contribution < -0.4 is 0 Å². The molecule has 1 N–H and O–H groups in total. The third kappa shape index (κ3) is 6.31. The van der Waals surface area contributed by atoms with Crippen LogP contribution in [0.15, 0.2) is 49.2 Å². The van der Waals surface area contributed by atoms with Gasteiger partial charge >= 0.3 is 17.9 Å². The monoisotopic (exact) mass is 290 g/mol. The second-order valence-corrected chi connectivity index (χ2v) is 3.87. The summed E-state index contributed by atoms with van der Waals surface area (Å²) in [5.41, 5.74) is 0.802. The lowest BCUT2D eigenvalue weighted by atomic mass is 10.2. The highest BCUT2D eigenvalue weighted by Gasteiger charge is 2.22. The Bertz CT molecular complexity index is 547. The van der Waals surface area contributed by atoms with E-state index in [-0.39, 0.29) is 0 Å². The Morgan fingerprint density at radius 1 is 1.24 bits per heavy atom. The van der Waals surface area contributed by atoms with E-state index in [9.17, 15) is 19.5 Å². The van der Waals surface area contributed by atoms with Gasteiger partial charge in [-0.1, -0.05) is 36.9 Å². The van der Waals surface area contributed by atoms with Crippen molar-refractivity contribution in [3.05, 3.63) is 54.8 Å². The molecule has 0 spiro atoms. The van der Waals surface area contributed by atoms with E-state index in [4.69, 9.17) is 0 Å². The van der Waals surface area contributed by atoms with Crippen LogP contribution in [0.5, 0.6) is 0 Å². The van der Waals surface area contributed by atoms with Crippen LogP contribution in [0, 0.1) is 0 Å². The standard InChI is InChI=1S/C15H14O6/c1-2-13(17)21-14(18)10-12(16)15(19)20-9-8-11-6-4-3-5-7-11/h2-9,12,16H,1,10H2. The average Bonchev–Trinajstić information content (AvgIpc) is 2.47. The maximum absolute atomic E-state index is 11.4. The number of benzene rings is 1. The van der Waals surface area contributed by atoms with Crippen molar-refractivity contribution >= 4 is 24.0 Å². The molecule has 110 valence electrons. The van der Waals surface area contributed by atoms with Gasteiger partial charge in [-0.25, -0.2) is 9.59 Å². The quantitative estimate of drug-likeness (QED) is 0.366.